The van der Waals surface area contributed by atoms with Crippen LogP contribution in [0.3, 0.4) is 0 Å². The molecule has 2 heteroatoms. The summed E-state index contributed by atoms with van der Waals surface area (Å²) in [7, 11) is 0. The molecule has 7 atom stereocenters. The van der Waals surface area contributed by atoms with Crippen molar-refractivity contribution in [3.63, 3.8) is 0 Å². The van der Waals surface area contributed by atoms with Crippen LogP contribution in [0.4, 0.5) is 0 Å². The van der Waals surface area contributed by atoms with Gasteiger partial charge in [0.1, 0.15) is 0 Å². The van der Waals surface area contributed by atoms with Crippen LogP contribution in [0.2, 0.25) is 0 Å². The molecule has 3 rings (SSSR count). The van der Waals surface area contributed by atoms with Gasteiger partial charge < -0.3 is 10.2 Å². The van der Waals surface area contributed by atoms with Crippen molar-refractivity contribution in [3.8, 4) is 0 Å². The van der Waals surface area contributed by atoms with E-state index in [0.29, 0.717) is 17.8 Å². The van der Waals surface area contributed by atoms with Gasteiger partial charge in [0.25, 0.3) is 0 Å². The predicted molar refractivity (Wildman–Crippen MR) is 90.5 cm³/mol. The monoisotopic (exact) mass is 308 g/mol. The molecule has 22 heavy (non-hydrogen) atoms. The van der Waals surface area contributed by atoms with E-state index in [1.807, 2.05) is 0 Å². The Morgan fingerprint density at radius 1 is 0.864 bits per heavy atom. The highest BCUT2D eigenvalue weighted by Crippen LogP contribution is 2.61. The van der Waals surface area contributed by atoms with Gasteiger partial charge in [0.15, 0.2) is 0 Å². The fourth-order valence-electron chi connectivity index (χ4n) is 6.81. The van der Waals surface area contributed by atoms with E-state index >= 15 is 0 Å². The Bertz CT molecular complexity index is 431. The highest BCUT2D eigenvalue weighted by molar-refractivity contribution is 5.12. The van der Waals surface area contributed by atoms with Gasteiger partial charge in [-0.2, -0.15) is 0 Å². The summed E-state index contributed by atoms with van der Waals surface area (Å²) in [5, 5.41) is 23.0. The Kier molecular flexibility index (Phi) is 3.97. The van der Waals surface area contributed by atoms with E-state index < -0.39 is 11.7 Å². The zero-order valence-corrected chi connectivity index (χ0v) is 15.2. The average Bonchev–Trinajstić information content (AvgIpc) is 2.42. The van der Waals surface area contributed by atoms with Crippen LogP contribution < -0.4 is 0 Å². The first kappa shape index (κ1) is 16.8. The second-order valence-corrected chi connectivity index (χ2v) is 9.80. The van der Waals surface area contributed by atoms with E-state index in [1.165, 1.54) is 32.1 Å². The van der Waals surface area contributed by atoms with Gasteiger partial charge in [-0.3, -0.25) is 0 Å². The smallest absolute Gasteiger partial charge is 0.0961 e. The Balaban J connectivity index is 2.06. The third-order valence-electron chi connectivity index (χ3n) is 8.39. The summed E-state index contributed by atoms with van der Waals surface area (Å²) < 4.78 is 0. The molecule has 0 saturated heterocycles. The van der Waals surface area contributed by atoms with Gasteiger partial charge in [0.05, 0.1) is 11.7 Å². The number of rotatable bonds is 0. The molecule has 3 saturated carbocycles. The van der Waals surface area contributed by atoms with Crippen LogP contribution in [0.5, 0.6) is 0 Å². The maximum atomic E-state index is 11.6. The highest BCUT2D eigenvalue weighted by atomic mass is 16.3. The van der Waals surface area contributed by atoms with Crippen LogP contribution in [-0.2, 0) is 0 Å². The molecular weight excluding hydrogens is 272 g/mol. The second-order valence-electron chi connectivity index (χ2n) is 9.80. The third kappa shape index (κ3) is 2.13. The molecular formula is C20H36O2. The Hall–Kier alpha value is -0.0800. The third-order valence-corrected chi connectivity index (χ3v) is 8.39. The van der Waals surface area contributed by atoms with Gasteiger partial charge in [0.2, 0.25) is 0 Å². The number of hydrogen-bond donors (Lipinski definition) is 2. The van der Waals surface area contributed by atoms with Crippen LogP contribution in [0.15, 0.2) is 0 Å². The quantitative estimate of drug-likeness (QED) is 0.697. The predicted octanol–water partition coefficient (Wildman–Crippen LogP) is 4.39. The molecule has 0 aromatic carbocycles. The zero-order valence-electron chi connectivity index (χ0n) is 15.2. The standard InChI is InChI=1S/C20H36O2/c1-13-8-12-20(22)17(21)16-14(2)7-6-10-19(16,5)11-9-15(13)18(20,3)4/h13-17,21-22H,6-12H2,1-5H3/t13-,14-,15+,16+,17?,19+,20-/m1/s1. The fourth-order valence-corrected chi connectivity index (χ4v) is 6.81. The molecule has 2 bridgehead atoms. The topological polar surface area (TPSA) is 40.5 Å². The normalized spacial score (nSPS) is 55.0. The van der Waals surface area contributed by atoms with E-state index in [4.69, 9.17) is 0 Å². The molecule has 0 aromatic rings. The molecule has 2 nitrogen and oxygen atoms in total. The maximum absolute atomic E-state index is 11.6. The van der Waals surface area contributed by atoms with Crippen LogP contribution in [-0.4, -0.2) is 21.9 Å². The van der Waals surface area contributed by atoms with Crippen molar-refractivity contribution in [1.82, 2.24) is 0 Å². The highest BCUT2D eigenvalue weighted by Gasteiger charge is 2.62. The molecule has 3 fully saturated rings. The van der Waals surface area contributed by atoms with Crippen LogP contribution in [0.1, 0.15) is 79.6 Å². The molecule has 0 heterocycles. The molecule has 0 spiro atoms. The number of hydrogen-bond acceptors (Lipinski definition) is 2. The van der Waals surface area contributed by atoms with E-state index in [0.717, 1.165) is 12.8 Å². The van der Waals surface area contributed by atoms with Gasteiger partial charge in [0, 0.05) is 0 Å². The minimum Gasteiger partial charge on any atom is -0.390 e. The molecule has 2 N–H and O–H groups in total. The van der Waals surface area contributed by atoms with E-state index in [1.54, 1.807) is 0 Å². The van der Waals surface area contributed by atoms with Gasteiger partial charge in [-0.15, -0.1) is 0 Å². The SMILES string of the molecule is C[C@@H]1CCC[C@@]2(C)CC[C@H]3[C@H](C)CC[C@@](O)(C(O)[C@H]12)C3(C)C. The molecule has 3 aliphatic rings. The molecule has 0 radical (unpaired) electrons. The lowest BCUT2D eigenvalue weighted by molar-refractivity contribution is -0.245. The van der Waals surface area contributed by atoms with Gasteiger partial charge in [-0.05, 0) is 66.6 Å². The van der Waals surface area contributed by atoms with Crippen molar-refractivity contribution in [2.45, 2.75) is 91.3 Å². The fraction of sp³-hybridized carbons (Fsp3) is 1.00. The van der Waals surface area contributed by atoms with Crippen LogP contribution >= 0.6 is 0 Å². The summed E-state index contributed by atoms with van der Waals surface area (Å²) in [6.07, 6.45) is 7.37. The van der Waals surface area contributed by atoms with E-state index in [2.05, 4.69) is 34.6 Å². The Morgan fingerprint density at radius 3 is 2.23 bits per heavy atom. The van der Waals surface area contributed by atoms with Gasteiger partial charge in [-0.1, -0.05) is 47.5 Å². The second kappa shape index (κ2) is 5.21. The molecule has 128 valence electrons. The van der Waals surface area contributed by atoms with Crippen LogP contribution in [0.25, 0.3) is 0 Å². The number of aliphatic hydroxyl groups is 2. The average molecular weight is 309 g/mol. The first-order chi connectivity index (χ1) is 10.1. The first-order valence-corrected chi connectivity index (χ1v) is 9.54. The lowest BCUT2D eigenvalue weighted by atomic mass is 9.46. The largest absolute Gasteiger partial charge is 0.390 e. The minimum atomic E-state index is -0.915. The van der Waals surface area contributed by atoms with Crippen molar-refractivity contribution in [2.75, 3.05) is 0 Å². The summed E-state index contributed by atoms with van der Waals surface area (Å²) in [5.74, 6) is 1.95. The Morgan fingerprint density at radius 2 is 1.55 bits per heavy atom. The lowest BCUT2D eigenvalue weighted by Crippen LogP contribution is -2.66. The lowest BCUT2D eigenvalue weighted by Gasteiger charge is -2.62. The molecule has 3 aliphatic carbocycles. The van der Waals surface area contributed by atoms with Crippen molar-refractivity contribution in [1.29, 1.82) is 0 Å². The van der Waals surface area contributed by atoms with Gasteiger partial charge >= 0.3 is 0 Å². The van der Waals surface area contributed by atoms with Gasteiger partial charge in [-0.25, -0.2) is 0 Å². The van der Waals surface area contributed by atoms with Crippen molar-refractivity contribution in [3.05, 3.63) is 0 Å². The summed E-state index contributed by atoms with van der Waals surface area (Å²) in [5.41, 5.74) is -0.901. The summed E-state index contributed by atoms with van der Waals surface area (Å²) in [4.78, 5) is 0. The van der Waals surface area contributed by atoms with E-state index in [-0.39, 0.29) is 16.7 Å². The molecule has 0 aliphatic heterocycles. The van der Waals surface area contributed by atoms with Crippen LogP contribution in [0, 0.1) is 34.5 Å². The summed E-state index contributed by atoms with van der Waals surface area (Å²) in [6.45, 7) is 11.5. The summed E-state index contributed by atoms with van der Waals surface area (Å²) in [6, 6.07) is 0. The molecule has 1 unspecified atom stereocenters. The summed E-state index contributed by atoms with van der Waals surface area (Å²) >= 11 is 0. The van der Waals surface area contributed by atoms with Crippen molar-refractivity contribution >= 4 is 0 Å². The zero-order chi connectivity index (χ0) is 16.3. The molecule has 0 aromatic heterocycles. The van der Waals surface area contributed by atoms with Crippen molar-refractivity contribution in [2.24, 2.45) is 34.5 Å². The minimum absolute atomic E-state index is 0.192. The number of aliphatic hydroxyl groups excluding tert-OH is 1. The number of fused-ring (bicyclic) bond motifs is 3. The Labute approximate surface area is 136 Å². The van der Waals surface area contributed by atoms with E-state index in [9.17, 15) is 10.2 Å². The molecule has 0 amide bonds. The first-order valence-electron chi connectivity index (χ1n) is 9.54. The maximum Gasteiger partial charge on any atom is 0.0961 e. The van der Waals surface area contributed by atoms with Crippen molar-refractivity contribution < 1.29 is 10.2 Å².